The fourth-order valence-electron chi connectivity index (χ4n) is 5.71. The van der Waals surface area contributed by atoms with E-state index in [1.807, 2.05) is 0 Å². The molecule has 45 heavy (non-hydrogen) atoms. The molecule has 2 fully saturated rings. The lowest BCUT2D eigenvalue weighted by molar-refractivity contribution is -0.0352. The van der Waals surface area contributed by atoms with Crippen molar-refractivity contribution in [1.82, 2.24) is 19.5 Å². The monoisotopic (exact) mass is 677 g/mol. The molecule has 0 unspecified atom stereocenters. The summed E-state index contributed by atoms with van der Waals surface area (Å²) in [6, 6.07) is -0.313. The Balaban J connectivity index is 1.75. The molecule has 256 valence electrons. The SMILES string of the molecule is CNc1nc(F)nc2c1ncn2[C@H]1C[C@H](OP(=O)(OC(C)(C)C)OC(C)(C)C)[C@@]2(COP(=O)(OC(C)(C)C)OC(C)(C)C)C[C@H]12. The van der Waals surface area contributed by atoms with Gasteiger partial charge in [0.1, 0.15) is 0 Å². The highest BCUT2D eigenvalue weighted by Crippen LogP contribution is 2.73. The van der Waals surface area contributed by atoms with Crippen LogP contribution >= 0.6 is 15.6 Å². The van der Waals surface area contributed by atoms with E-state index in [1.165, 1.54) is 0 Å². The summed E-state index contributed by atoms with van der Waals surface area (Å²) in [5, 5.41) is 2.86. The third-order valence-electron chi connectivity index (χ3n) is 7.02. The Morgan fingerprint density at radius 1 is 0.889 bits per heavy atom. The number of phosphoric acid groups is 2. The average molecular weight is 678 g/mol. The summed E-state index contributed by atoms with van der Waals surface area (Å²) in [6.45, 7) is 21.1. The first-order valence-corrected chi connectivity index (χ1v) is 18.1. The molecule has 1 N–H and O–H groups in total. The van der Waals surface area contributed by atoms with E-state index in [0.717, 1.165) is 0 Å². The molecule has 2 heterocycles. The van der Waals surface area contributed by atoms with Crippen LogP contribution in [0.2, 0.25) is 0 Å². The highest BCUT2D eigenvalue weighted by atomic mass is 31.2. The minimum Gasteiger partial charge on any atom is -0.371 e. The largest absolute Gasteiger partial charge is 0.476 e. The molecule has 4 rings (SSSR count). The quantitative estimate of drug-likeness (QED) is 0.183. The smallest absolute Gasteiger partial charge is 0.371 e. The molecule has 0 aromatic carbocycles. The molecule has 13 nitrogen and oxygen atoms in total. The van der Waals surface area contributed by atoms with Gasteiger partial charge in [-0.1, -0.05) is 0 Å². The first-order chi connectivity index (χ1) is 20.3. The molecule has 0 radical (unpaired) electrons. The van der Waals surface area contributed by atoms with Crippen molar-refractivity contribution in [3.8, 4) is 0 Å². The van der Waals surface area contributed by atoms with Crippen LogP contribution in [0.3, 0.4) is 0 Å². The number of anilines is 1. The fraction of sp³-hybridized carbons (Fsp3) is 0.828. The van der Waals surface area contributed by atoms with Gasteiger partial charge in [0.2, 0.25) is 0 Å². The second-order valence-electron chi connectivity index (χ2n) is 15.8. The molecule has 4 atom stereocenters. The zero-order chi connectivity index (χ0) is 34.0. The molecule has 0 saturated heterocycles. The Hall–Kier alpha value is -1.50. The van der Waals surface area contributed by atoms with Crippen molar-refractivity contribution in [2.75, 3.05) is 19.0 Å². The van der Waals surface area contributed by atoms with Gasteiger partial charge < -0.3 is 9.88 Å². The second-order valence-corrected chi connectivity index (χ2v) is 18.8. The fourth-order valence-corrected chi connectivity index (χ4v) is 9.66. The molecule has 16 heteroatoms. The van der Waals surface area contributed by atoms with Crippen LogP contribution < -0.4 is 5.32 Å². The van der Waals surface area contributed by atoms with Crippen LogP contribution in [0.1, 0.15) is 102 Å². The maximum Gasteiger partial charge on any atom is 0.476 e. The van der Waals surface area contributed by atoms with E-state index < -0.39 is 55.6 Å². The van der Waals surface area contributed by atoms with E-state index >= 15 is 0 Å². The predicted octanol–water partition coefficient (Wildman–Crippen LogP) is 7.84. The van der Waals surface area contributed by atoms with E-state index in [0.29, 0.717) is 24.0 Å². The van der Waals surface area contributed by atoms with Gasteiger partial charge in [-0.15, -0.1) is 0 Å². The highest BCUT2D eigenvalue weighted by Gasteiger charge is 2.70. The van der Waals surface area contributed by atoms with Crippen LogP contribution in [0.5, 0.6) is 0 Å². The topological polar surface area (TPSA) is 145 Å². The van der Waals surface area contributed by atoms with E-state index in [2.05, 4.69) is 20.3 Å². The summed E-state index contributed by atoms with van der Waals surface area (Å²) in [7, 11) is -6.64. The Labute approximate surface area is 265 Å². The van der Waals surface area contributed by atoms with E-state index in [-0.39, 0.29) is 24.4 Å². The summed E-state index contributed by atoms with van der Waals surface area (Å²) in [5.41, 5.74) is -3.47. The molecule has 2 aliphatic rings. The number of rotatable bonds is 11. The maximum absolute atomic E-state index is 14.5. The summed E-state index contributed by atoms with van der Waals surface area (Å²) in [6.07, 6.45) is 0.809. The average Bonchev–Trinajstić information content (AvgIpc) is 3.26. The zero-order valence-electron chi connectivity index (χ0n) is 28.8. The summed E-state index contributed by atoms with van der Waals surface area (Å²) >= 11 is 0. The van der Waals surface area contributed by atoms with Crippen molar-refractivity contribution in [3.63, 3.8) is 0 Å². The van der Waals surface area contributed by atoms with Gasteiger partial charge >= 0.3 is 21.7 Å². The second kappa shape index (κ2) is 11.9. The number of hydrogen-bond donors (Lipinski definition) is 1. The summed E-state index contributed by atoms with van der Waals surface area (Å²) < 4.78 is 80.8. The molecule has 0 spiro atoms. The Bertz CT molecular complexity index is 1450. The third kappa shape index (κ3) is 8.90. The molecule has 0 amide bonds. The number of phosphoric ester groups is 2. The molecular formula is C29H50FN5O8P2. The third-order valence-corrected chi connectivity index (χ3v) is 11.1. The highest BCUT2D eigenvalue weighted by molar-refractivity contribution is 7.48. The van der Waals surface area contributed by atoms with Gasteiger partial charge in [-0.05, 0) is 102 Å². The van der Waals surface area contributed by atoms with E-state index in [4.69, 9.17) is 27.1 Å². The number of nitrogens with one attached hydrogen (secondary N) is 1. The lowest BCUT2D eigenvalue weighted by Gasteiger charge is -2.35. The molecule has 2 aromatic heterocycles. The van der Waals surface area contributed by atoms with E-state index in [9.17, 15) is 13.5 Å². The van der Waals surface area contributed by atoms with Crippen LogP contribution in [0.15, 0.2) is 6.33 Å². The normalized spacial score (nSPS) is 24.7. The van der Waals surface area contributed by atoms with Gasteiger partial charge in [0.05, 0.1) is 41.4 Å². The van der Waals surface area contributed by atoms with Crippen molar-refractivity contribution >= 4 is 32.6 Å². The first kappa shape index (κ1) is 36.3. The standard InChI is InChI=1S/C29H50FN5O8P2/c1-25(2,3)40-44(36,41-26(4,5)6)38-16-29-15-18(29)19(35-17-32-21-22(31-13)33-24(30)34-23(21)35)14-20(29)39-45(37,42-27(7,8)9)43-28(10,11)12/h17-20H,14-16H2,1-13H3,(H,31,33,34)/t18-,19+,20+,29-/m1/s1. The Morgan fingerprint density at radius 3 is 1.89 bits per heavy atom. The number of fused-ring (bicyclic) bond motifs is 2. The van der Waals surface area contributed by atoms with Crippen molar-refractivity contribution in [3.05, 3.63) is 12.4 Å². The van der Waals surface area contributed by atoms with Crippen molar-refractivity contribution in [2.24, 2.45) is 11.3 Å². The van der Waals surface area contributed by atoms with Crippen molar-refractivity contribution in [2.45, 2.75) is 130 Å². The van der Waals surface area contributed by atoms with Crippen molar-refractivity contribution < 1.29 is 40.7 Å². The van der Waals surface area contributed by atoms with Gasteiger partial charge in [-0.2, -0.15) is 14.4 Å². The number of hydrogen-bond acceptors (Lipinski definition) is 12. The van der Waals surface area contributed by atoms with Gasteiger partial charge in [-0.25, -0.2) is 14.1 Å². The van der Waals surface area contributed by atoms with Crippen LogP contribution in [-0.4, -0.2) is 61.7 Å². The van der Waals surface area contributed by atoms with E-state index in [1.54, 1.807) is 101 Å². The Morgan fingerprint density at radius 2 is 1.40 bits per heavy atom. The molecular weight excluding hydrogens is 627 g/mol. The lowest BCUT2D eigenvalue weighted by Crippen LogP contribution is -2.32. The molecule has 2 aliphatic carbocycles. The minimum atomic E-state index is -4.18. The Kier molecular flexibility index (Phi) is 9.59. The maximum atomic E-state index is 14.5. The van der Waals surface area contributed by atoms with Crippen LogP contribution in [0.4, 0.5) is 10.2 Å². The molecule has 2 saturated carbocycles. The van der Waals surface area contributed by atoms with Crippen LogP contribution in [0.25, 0.3) is 11.2 Å². The summed E-state index contributed by atoms with van der Waals surface area (Å²) in [4.78, 5) is 12.3. The number of halogens is 1. The van der Waals surface area contributed by atoms with Gasteiger partial charge in [0, 0.05) is 18.5 Å². The summed E-state index contributed by atoms with van der Waals surface area (Å²) in [5.74, 6) is 0.125. The minimum absolute atomic E-state index is 0.0922. The molecule has 0 bridgehead atoms. The predicted molar refractivity (Wildman–Crippen MR) is 168 cm³/mol. The number of imidazole rings is 1. The first-order valence-electron chi connectivity index (χ1n) is 15.2. The molecule has 0 aliphatic heterocycles. The number of nitrogens with zero attached hydrogens (tertiary/aromatic N) is 4. The van der Waals surface area contributed by atoms with Crippen LogP contribution in [-0.2, 0) is 36.3 Å². The van der Waals surface area contributed by atoms with Crippen molar-refractivity contribution in [1.29, 1.82) is 0 Å². The molecule has 2 aromatic rings. The van der Waals surface area contributed by atoms with Gasteiger partial charge in [0.25, 0.3) is 0 Å². The van der Waals surface area contributed by atoms with Gasteiger partial charge in [0.15, 0.2) is 17.0 Å². The number of aromatic nitrogens is 4. The lowest BCUT2D eigenvalue weighted by atomic mass is 10.0. The zero-order valence-corrected chi connectivity index (χ0v) is 30.5. The van der Waals surface area contributed by atoms with Crippen LogP contribution in [0, 0.1) is 17.4 Å². The van der Waals surface area contributed by atoms with Gasteiger partial charge in [-0.3, -0.25) is 27.1 Å².